The molecule has 0 aliphatic carbocycles. The molecule has 6 rings (SSSR count). The Hall–Kier alpha value is -4.37. The normalized spacial score (nSPS) is 13.9. The number of halogens is 3. The van der Waals surface area contributed by atoms with Crippen molar-refractivity contribution < 1.29 is 17.9 Å². The fourth-order valence-electron chi connectivity index (χ4n) is 4.93. The van der Waals surface area contributed by atoms with E-state index < -0.39 is 11.7 Å². The lowest BCUT2D eigenvalue weighted by molar-refractivity contribution is -0.137. The number of H-pyrrole nitrogens is 2. The number of benzene rings is 3. The van der Waals surface area contributed by atoms with Gasteiger partial charge in [-0.3, -0.25) is 9.69 Å². The molecule has 9 heteroatoms. The SMILES string of the molecule is O=c1[nH]c(-c2ccc(C(F)(F)F)cc2)nc2c1CN(Cc1c[nH]c3ccc(OCc4ccccc4)cc13)CC2. The highest BCUT2D eigenvalue weighted by Gasteiger charge is 2.30. The number of nitrogens with one attached hydrogen (secondary N) is 2. The predicted octanol–water partition coefficient (Wildman–Crippen LogP) is 6.07. The number of fused-ring (bicyclic) bond motifs is 2. The van der Waals surface area contributed by atoms with Crippen molar-refractivity contribution in [1.82, 2.24) is 19.9 Å². The average molecular weight is 531 g/mol. The Morgan fingerprint density at radius 2 is 1.79 bits per heavy atom. The first kappa shape index (κ1) is 24.9. The molecule has 1 aliphatic heterocycles. The molecule has 2 N–H and O–H groups in total. The van der Waals surface area contributed by atoms with Crippen molar-refractivity contribution in [2.24, 2.45) is 0 Å². The van der Waals surface area contributed by atoms with Gasteiger partial charge in [0.05, 0.1) is 16.8 Å². The molecule has 5 aromatic rings. The standard InChI is InChI=1S/C30H25F3N4O2/c31-30(32,33)22-8-6-20(7-9-22)28-35-27-12-13-37(17-25(27)29(38)36-28)16-21-15-34-26-11-10-23(14-24(21)26)39-18-19-4-2-1-3-5-19/h1-11,14-15,34H,12-13,16-18H2,(H,35,36,38). The van der Waals surface area contributed by atoms with Crippen LogP contribution in [0.5, 0.6) is 5.75 Å². The maximum atomic E-state index is 13.0. The molecule has 0 atom stereocenters. The number of alkyl halides is 3. The van der Waals surface area contributed by atoms with E-state index in [1.807, 2.05) is 54.7 Å². The minimum Gasteiger partial charge on any atom is -0.489 e. The molecule has 39 heavy (non-hydrogen) atoms. The van der Waals surface area contributed by atoms with Crippen LogP contribution in [0.4, 0.5) is 13.2 Å². The van der Waals surface area contributed by atoms with Crippen LogP contribution < -0.4 is 10.3 Å². The van der Waals surface area contributed by atoms with Gasteiger partial charge in [0.2, 0.25) is 0 Å². The molecule has 0 bridgehead atoms. The van der Waals surface area contributed by atoms with Gasteiger partial charge < -0.3 is 14.7 Å². The number of aromatic nitrogens is 3. The Labute approximate surface area is 222 Å². The minimum absolute atomic E-state index is 0.268. The van der Waals surface area contributed by atoms with Crippen molar-refractivity contribution in [3.63, 3.8) is 0 Å². The maximum absolute atomic E-state index is 13.0. The van der Waals surface area contributed by atoms with Crippen LogP contribution in [0.15, 0.2) is 83.8 Å². The lowest BCUT2D eigenvalue weighted by atomic mass is 10.0. The van der Waals surface area contributed by atoms with Gasteiger partial charge in [0.25, 0.3) is 5.56 Å². The van der Waals surface area contributed by atoms with Crippen molar-refractivity contribution in [2.75, 3.05) is 6.54 Å². The second-order valence-electron chi connectivity index (χ2n) is 9.67. The van der Waals surface area contributed by atoms with Crippen molar-refractivity contribution in [2.45, 2.75) is 32.3 Å². The van der Waals surface area contributed by atoms with Gasteiger partial charge in [-0.1, -0.05) is 42.5 Å². The Morgan fingerprint density at radius 1 is 1.00 bits per heavy atom. The summed E-state index contributed by atoms with van der Waals surface area (Å²) in [4.78, 5) is 25.8. The van der Waals surface area contributed by atoms with Gasteiger partial charge in [-0.2, -0.15) is 13.2 Å². The summed E-state index contributed by atoms with van der Waals surface area (Å²) in [5.41, 5.74) is 3.90. The van der Waals surface area contributed by atoms with Gasteiger partial charge in [-0.25, -0.2) is 4.98 Å². The number of nitrogens with zero attached hydrogens (tertiary/aromatic N) is 2. The van der Waals surface area contributed by atoms with E-state index in [1.165, 1.54) is 12.1 Å². The van der Waals surface area contributed by atoms with E-state index in [4.69, 9.17) is 4.74 Å². The van der Waals surface area contributed by atoms with E-state index >= 15 is 0 Å². The fraction of sp³-hybridized carbons (Fsp3) is 0.200. The molecule has 0 fully saturated rings. The van der Waals surface area contributed by atoms with Crippen LogP contribution in [0.3, 0.4) is 0 Å². The van der Waals surface area contributed by atoms with E-state index in [0.29, 0.717) is 49.5 Å². The zero-order valence-corrected chi connectivity index (χ0v) is 20.9. The monoisotopic (exact) mass is 530 g/mol. The number of hydrogen-bond donors (Lipinski definition) is 2. The summed E-state index contributed by atoms with van der Waals surface area (Å²) in [7, 11) is 0. The molecule has 0 saturated heterocycles. The Morgan fingerprint density at radius 3 is 2.56 bits per heavy atom. The quantitative estimate of drug-likeness (QED) is 0.279. The van der Waals surface area contributed by atoms with Crippen molar-refractivity contribution in [3.05, 3.63) is 117 Å². The molecule has 3 aromatic carbocycles. The summed E-state index contributed by atoms with van der Waals surface area (Å²) in [5.74, 6) is 1.06. The highest BCUT2D eigenvalue weighted by molar-refractivity contribution is 5.84. The molecule has 3 heterocycles. The van der Waals surface area contributed by atoms with E-state index in [2.05, 4.69) is 19.9 Å². The Bertz CT molecular complexity index is 1680. The first-order valence-electron chi connectivity index (χ1n) is 12.6. The molecule has 2 aromatic heterocycles. The molecule has 0 saturated carbocycles. The summed E-state index contributed by atoms with van der Waals surface area (Å²) in [6, 6.07) is 20.6. The molecule has 0 amide bonds. The summed E-state index contributed by atoms with van der Waals surface area (Å²) >= 11 is 0. The third-order valence-electron chi connectivity index (χ3n) is 7.01. The highest BCUT2D eigenvalue weighted by Crippen LogP contribution is 2.31. The number of aromatic amines is 2. The van der Waals surface area contributed by atoms with Crippen LogP contribution in [0.2, 0.25) is 0 Å². The van der Waals surface area contributed by atoms with Crippen LogP contribution in [-0.4, -0.2) is 26.4 Å². The minimum atomic E-state index is -4.42. The molecular weight excluding hydrogens is 505 g/mol. The Kier molecular flexibility index (Phi) is 6.44. The van der Waals surface area contributed by atoms with Gasteiger partial charge >= 0.3 is 6.18 Å². The largest absolute Gasteiger partial charge is 0.489 e. The summed E-state index contributed by atoms with van der Waals surface area (Å²) in [6.07, 6.45) is -1.86. The van der Waals surface area contributed by atoms with Crippen LogP contribution in [0.1, 0.15) is 27.9 Å². The first-order valence-corrected chi connectivity index (χ1v) is 12.6. The number of ether oxygens (including phenoxy) is 1. The molecule has 0 radical (unpaired) electrons. The van der Waals surface area contributed by atoms with Crippen molar-refractivity contribution >= 4 is 10.9 Å². The average Bonchev–Trinajstić information content (AvgIpc) is 3.34. The van der Waals surface area contributed by atoms with Crippen molar-refractivity contribution in [3.8, 4) is 17.1 Å². The second kappa shape index (κ2) is 10.1. The zero-order chi connectivity index (χ0) is 27.0. The van der Waals surface area contributed by atoms with Gasteiger partial charge in [0.1, 0.15) is 18.2 Å². The van der Waals surface area contributed by atoms with E-state index in [1.54, 1.807) is 0 Å². The highest BCUT2D eigenvalue weighted by atomic mass is 19.4. The molecule has 6 nitrogen and oxygen atoms in total. The molecule has 0 unspecified atom stereocenters. The summed E-state index contributed by atoms with van der Waals surface area (Å²) in [5, 5.41) is 1.07. The van der Waals surface area contributed by atoms with Crippen LogP contribution in [0.25, 0.3) is 22.3 Å². The van der Waals surface area contributed by atoms with Crippen LogP contribution >= 0.6 is 0 Å². The van der Waals surface area contributed by atoms with Crippen LogP contribution in [-0.2, 0) is 32.3 Å². The third-order valence-corrected chi connectivity index (χ3v) is 7.01. The smallest absolute Gasteiger partial charge is 0.416 e. The summed E-state index contributed by atoms with van der Waals surface area (Å²) in [6.45, 7) is 2.26. The lowest BCUT2D eigenvalue weighted by Crippen LogP contribution is -2.35. The maximum Gasteiger partial charge on any atom is 0.416 e. The number of hydrogen-bond acceptors (Lipinski definition) is 4. The Balaban J connectivity index is 1.17. The van der Waals surface area contributed by atoms with Gasteiger partial charge in [-0.15, -0.1) is 0 Å². The third kappa shape index (κ3) is 5.31. The van der Waals surface area contributed by atoms with E-state index in [-0.39, 0.29) is 11.4 Å². The van der Waals surface area contributed by atoms with Crippen molar-refractivity contribution in [1.29, 1.82) is 0 Å². The number of rotatable bonds is 6. The fourth-order valence-corrected chi connectivity index (χ4v) is 4.93. The molecule has 0 spiro atoms. The van der Waals surface area contributed by atoms with E-state index in [0.717, 1.165) is 39.9 Å². The molecule has 1 aliphatic rings. The van der Waals surface area contributed by atoms with E-state index in [9.17, 15) is 18.0 Å². The zero-order valence-electron chi connectivity index (χ0n) is 20.9. The van der Waals surface area contributed by atoms with Gasteiger partial charge in [-0.05, 0) is 41.5 Å². The first-order chi connectivity index (χ1) is 18.8. The van der Waals surface area contributed by atoms with Gasteiger partial charge in [0, 0.05) is 48.7 Å². The van der Waals surface area contributed by atoms with Crippen LogP contribution in [0, 0.1) is 0 Å². The lowest BCUT2D eigenvalue weighted by Gasteiger charge is -2.27. The second-order valence-corrected chi connectivity index (χ2v) is 9.67. The topological polar surface area (TPSA) is 74.0 Å². The summed E-state index contributed by atoms with van der Waals surface area (Å²) < 4.78 is 44.7. The van der Waals surface area contributed by atoms with Gasteiger partial charge in [0.15, 0.2) is 0 Å². The molecular formula is C30H25F3N4O2. The predicted molar refractivity (Wildman–Crippen MR) is 142 cm³/mol. The molecule has 198 valence electrons.